The van der Waals surface area contributed by atoms with E-state index in [1.807, 2.05) is 24.3 Å². The van der Waals surface area contributed by atoms with Crippen molar-refractivity contribution in [1.29, 1.82) is 0 Å². The van der Waals surface area contributed by atoms with Crippen LogP contribution in [-0.2, 0) is 6.54 Å². The highest BCUT2D eigenvalue weighted by atomic mass is 79.9. The van der Waals surface area contributed by atoms with Crippen LogP contribution in [0.4, 0.5) is 5.95 Å². The van der Waals surface area contributed by atoms with Crippen molar-refractivity contribution in [2.75, 3.05) is 5.32 Å². The van der Waals surface area contributed by atoms with E-state index < -0.39 is 5.91 Å². The van der Waals surface area contributed by atoms with Gasteiger partial charge in [0.15, 0.2) is 0 Å². The number of benzene rings is 2. The van der Waals surface area contributed by atoms with Gasteiger partial charge in [0.1, 0.15) is 6.33 Å². The Morgan fingerprint density at radius 1 is 1.17 bits per heavy atom. The summed E-state index contributed by atoms with van der Waals surface area (Å²) in [5.41, 5.74) is 1.38. The number of nitrogens with one attached hydrogen (secondary N) is 1. The number of hydrogen-bond donors (Lipinski definition) is 1. The molecule has 0 fully saturated rings. The first kappa shape index (κ1) is 17.0. The highest BCUT2D eigenvalue weighted by Crippen LogP contribution is 2.21. The van der Waals surface area contributed by atoms with Crippen molar-refractivity contribution in [2.45, 2.75) is 6.54 Å². The molecular weight excluding hydrogens is 415 g/mol. The van der Waals surface area contributed by atoms with Gasteiger partial charge in [-0.05, 0) is 35.9 Å². The highest BCUT2D eigenvalue weighted by molar-refractivity contribution is 9.10. The van der Waals surface area contributed by atoms with Gasteiger partial charge in [-0.25, -0.2) is 9.67 Å². The molecule has 0 atom stereocenters. The number of nitrogens with zero attached hydrogens (tertiary/aromatic N) is 3. The van der Waals surface area contributed by atoms with Crippen LogP contribution in [0.1, 0.15) is 15.9 Å². The number of carbonyl (C=O) groups is 1. The molecule has 1 amide bonds. The van der Waals surface area contributed by atoms with E-state index in [1.54, 1.807) is 23.1 Å². The van der Waals surface area contributed by atoms with Gasteiger partial charge in [0.2, 0.25) is 5.95 Å². The van der Waals surface area contributed by atoms with Crippen LogP contribution in [0.25, 0.3) is 0 Å². The third-order valence-corrected chi connectivity index (χ3v) is 4.27. The molecule has 122 valence electrons. The van der Waals surface area contributed by atoms with Crippen molar-refractivity contribution in [2.24, 2.45) is 0 Å². The number of rotatable bonds is 4. The molecule has 0 saturated heterocycles. The van der Waals surface area contributed by atoms with Crippen LogP contribution in [0.15, 0.2) is 53.3 Å². The molecule has 24 heavy (non-hydrogen) atoms. The summed E-state index contributed by atoms with van der Waals surface area (Å²) < 4.78 is 2.65. The Morgan fingerprint density at radius 3 is 2.62 bits per heavy atom. The van der Waals surface area contributed by atoms with Gasteiger partial charge in [0, 0.05) is 9.50 Å². The average molecular weight is 426 g/mol. The van der Waals surface area contributed by atoms with E-state index >= 15 is 0 Å². The van der Waals surface area contributed by atoms with Gasteiger partial charge < -0.3 is 0 Å². The maximum absolute atomic E-state index is 12.2. The van der Waals surface area contributed by atoms with Gasteiger partial charge in [0.05, 0.1) is 17.1 Å². The van der Waals surface area contributed by atoms with Crippen LogP contribution >= 0.6 is 39.1 Å². The summed E-state index contributed by atoms with van der Waals surface area (Å²) in [6.07, 6.45) is 1.56. The number of amides is 1. The number of anilines is 1. The minimum absolute atomic E-state index is 0.211. The zero-order valence-corrected chi connectivity index (χ0v) is 15.3. The van der Waals surface area contributed by atoms with E-state index in [1.165, 1.54) is 6.07 Å². The summed E-state index contributed by atoms with van der Waals surface area (Å²) >= 11 is 15.2. The first-order valence-electron chi connectivity index (χ1n) is 6.91. The van der Waals surface area contributed by atoms with Crippen molar-refractivity contribution in [3.05, 3.63) is 74.4 Å². The lowest BCUT2D eigenvalue weighted by Gasteiger charge is -2.04. The summed E-state index contributed by atoms with van der Waals surface area (Å²) in [7, 11) is 0. The van der Waals surface area contributed by atoms with Crippen LogP contribution in [0.3, 0.4) is 0 Å². The Balaban J connectivity index is 1.69. The fourth-order valence-corrected chi connectivity index (χ4v) is 2.81. The Morgan fingerprint density at radius 2 is 1.92 bits per heavy atom. The summed E-state index contributed by atoms with van der Waals surface area (Å²) in [5, 5.41) is 7.59. The fraction of sp³-hybridized carbons (Fsp3) is 0.0625. The maximum Gasteiger partial charge on any atom is 0.259 e. The lowest BCUT2D eigenvalue weighted by atomic mass is 10.2. The van der Waals surface area contributed by atoms with Gasteiger partial charge in [0.25, 0.3) is 5.91 Å². The maximum atomic E-state index is 12.2. The molecule has 8 heteroatoms. The van der Waals surface area contributed by atoms with Crippen LogP contribution in [0.5, 0.6) is 0 Å². The highest BCUT2D eigenvalue weighted by Gasteiger charge is 2.13. The molecule has 3 rings (SSSR count). The van der Waals surface area contributed by atoms with Crippen LogP contribution in [0, 0.1) is 0 Å². The second kappa shape index (κ2) is 7.34. The minimum atomic E-state index is -0.391. The Kier molecular flexibility index (Phi) is 5.18. The van der Waals surface area contributed by atoms with Crippen molar-refractivity contribution in [1.82, 2.24) is 14.8 Å². The first-order valence-corrected chi connectivity index (χ1v) is 8.46. The zero-order chi connectivity index (χ0) is 17.1. The van der Waals surface area contributed by atoms with E-state index in [-0.39, 0.29) is 11.0 Å². The van der Waals surface area contributed by atoms with Gasteiger partial charge in [-0.15, -0.1) is 5.10 Å². The second-order valence-corrected chi connectivity index (χ2v) is 6.73. The third-order valence-electron chi connectivity index (χ3n) is 3.20. The van der Waals surface area contributed by atoms with Crippen LogP contribution in [0.2, 0.25) is 10.0 Å². The molecule has 0 saturated carbocycles. The number of aromatic nitrogens is 3. The number of halogens is 3. The van der Waals surface area contributed by atoms with Gasteiger partial charge in [-0.3, -0.25) is 10.1 Å². The molecule has 5 nitrogen and oxygen atoms in total. The SMILES string of the molecule is O=C(Nc1ncn(Cc2ccc(Br)cc2)n1)c1ccc(Cl)cc1Cl. The molecule has 0 bridgehead atoms. The van der Waals surface area contributed by atoms with Crippen molar-refractivity contribution < 1.29 is 4.79 Å². The van der Waals surface area contributed by atoms with Crippen molar-refractivity contribution in [3.63, 3.8) is 0 Å². The molecule has 0 aliphatic rings. The zero-order valence-electron chi connectivity index (χ0n) is 12.2. The number of hydrogen-bond acceptors (Lipinski definition) is 3. The van der Waals surface area contributed by atoms with Crippen LogP contribution < -0.4 is 5.32 Å². The third kappa shape index (κ3) is 4.14. The molecule has 0 radical (unpaired) electrons. The molecule has 1 heterocycles. The van der Waals surface area contributed by atoms with Crippen molar-refractivity contribution >= 4 is 51.0 Å². The summed E-state index contributed by atoms with van der Waals surface area (Å²) in [6, 6.07) is 12.5. The Labute approximate surface area is 156 Å². The first-order chi connectivity index (χ1) is 11.5. The van der Waals surface area contributed by atoms with E-state index in [2.05, 4.69) is 31.3 Å². The summed E-state index contributed by atoms with van der Waals surface area (Å²) in [4.78, 5) is 16.3. The van der Waals surface area contributed by atoms with E-state index in [0.29, 0.717) is 17.1 Å². The summed E-state index contributed by atoms with van der Waals surface area (Å²) in [5.74, 6) is -0.179. The molecular formula is C16H11BrCl2N4O. The molecule has 2 aromatic carbocycles. The van der Waals surface area contributed by atoms with Gasteiger partial charge in [-0.1, -0.05) is 51.3 Å². The predicted molar refractivity (Wildman–Crippen MR) is 97.7 cm³/mol. The quantitative estimate of drug-likeness (QED) is 0.661. The second-order valence-electron chi connectivity index (χ2n) is 4.97. The van der Waals surface area contributed by atoms with Crippen molar-refractivity contribution in [3.8, 4) is 0 Å². The molecule has 1 aromatic heterocycles. The number of carbonyl (C=O) groups excluding carboxylic acids is 1. The lowest BCUT2D eigenvalue weighted by Crippen LogP contribution is -2.14. The van der Waals surface area contributed by atoms with E-state index in [0.717, 1.165) is 10.0 Å². The van der Waals surface area contributed by atoms with Gasteiger partial charge in [-0.2, -0.15) is 0 Å². The molecule has 3 aromatic rings. The topological polar surface area (TPSA) is 59.8 Å². The fourth-order valence-electron chi connectivity index (χ4n) is 2.05. The smallest absolute Gasteiger partial charge is 0.259 e. The monoisotopic (exact) mass is 424 g/mol. The van der Waals surface area contributed by atoms with Crippen LogP contribution in [-0.4, -0.2) is 20.7 Å². The molecule has 0 unspecified atom stereocenters. The predicted octanol–water partition coefficient (Wildman–Crippen LogP) is 4.65. The molecule has 1 N–H and O–H groups in total. The molecule has 0 aliphatic carbocycles. The van der Waals surface area contributed by atoms with E-state index in [4.69, 9.17) is 23.2 Å². The standard InChI is InChI=1S/C16H11BrCl2N4O/c17-11-3-1-10(2-4-11)8-23-9-20-16(22-23)21-15(24)13-6-5-12(18)7-14(13)19/h1-7,9H,8H2,(H,21,22,24). The molecule has 0 spiro atoms. The normalized spacial score (nSPS) is 10.6. The average Bonchev–Trinajstić information content (AvgIpc) is 2.96. The molecule has 0 aliphatic heterocycles. The minimum Gasteiger partial charge on any atom is -0.289 e. The van der Waals surface area contributed by atoms with E-state index in [9.17, 15) is 4.79 Å². The van der Waals surface area contributed by atoms with Gasteiger partial charge >= 0.3 is 0 Å². The summed E-state index contributed by atoms with van der Waals surface area (Å²) in [6.45, 7) is 0.553. The Bertz CT molecular complexity index is 880. The Hall–Kier alpha value is -1.89. The lowest BCUT2D eigenvalue weighted by molar-refractivity contribution is 0.102. The largest absolute Gasteiger partial charge is 0.289 e.